The van der Waals surface area contributed by atoms with Crippen molar-refractivity contribution in [3.05, 3.63) is 46.2 Å². The molecule has 1 heterocycles. The number of nitrogens with zero attached hydrogens (tertiary/aromatic N) is 3. The van der Waals surface area contributed by atoms with Gasteiger partial charge < -0.3 is 10.8 Å². The number of aliphatic carboxylic acids is 1. The van der Waals surface area contributed by atoms with Gasteiger partial charge in [-0.1, -0.05) is 39.3 Å². The van der Waals surface area contributed by atoms with Gasteiger partial charge in [-0.25, -0.2) is 4.68 Å². The first kappa shape index (κ1) is 13.7. The number of benzene rings is 1. The maximum Gasteiger partial charge on any atom is 0.320 e. The van der Waals surface area contributed by atoms with Gasteiger partial charge in [0, 0.05) is 17.1 Å². The smallest absolute Gasteiger partial charge is 0.320 e. The number of hydrogen-bond acceptors (Lipinski definition) is 4. The molecule has 6 nitrogen and oxygen atoms in total. The van der Waals surface area contributed by atoms with E-state index >= 15 is 0 Å². The maximum atomic E-state index is 10.7. The maximum absolute atomic E-state index is 10.7. The molecule has 0 aliphatic rings. The number of rotatable bonds is 5. The first-order chi connectivity index (χ1) is 9.06. The van der Waals surface area contributed by atoms with Gasteiger partial charge in [0.15, 0.2) is 0 Å². The molecule has 1 aromatic heterocycles. The minimum absolute atomic E-state index is 0.172. The highest BCUT2D eigenvalue weighted by atomic mass is 79.9. The molecule has 100 valence electrons. The molecular formula is C12H13BrN4O2. The zero-order valence-corrected chi connectivity index (χ0v) is 11.6. The number of aromatic nitrogens is 3. The van der Waals surface area contributed by atoms with Crippen molar-refractivity contribution < 1.29 is 9.90 Å². The van der Waals surface area contributed by atoms with E-state index in [-0.39, 0.29) is 6.42 Å². The van der Waals surface area contributed by atoms with E-state index in [4.69, 9.17) is 10.8 Å². The van der Waals surface area contributed by atoms with E-state index in [0.717, 1.165) is 10.0 Å². The highest BCUT2D eigenvalue weighted by molar-refractivity contribution is 9.10. The van der Waals surface area contributed by atoms with Crippen LogP contribution >= 0.6 is 15.9 Å². The van der Waals surface area contributed by atoms with E-state index < -0.39 is 12.0 Å². The van der Waals surface area contributed by atoms with Gasteiger partial charge in [-0.2, -0.15) is 0 Å². The Kier molecular flexibility index (Phi) is 4.28. The van der Waals surface area contributed by atoms with Crippen LogP contribution in [0.2, 0.25) is 0 Å². The molecule has 1 unspecified atom stereocenters. The van der Waals surface area contributed by atoms with Crippen molar-refractivity contribution in [1.82, 2.24) is 15.0 Å². The van der Waals surface area contributed by atoms with Crippen molar-refractivity contribution in [3.8, 4) is 0 Å². The summed E-state index contributed by atoms with van der Waals surface area (Å²) >= 11 is 3.46. The Labute approximate surface area is 118 Å². The molecule has 0 radical (unpaired) electrons. The van der Waals surface area contributed by atoms with Crippen molar-refractivity contribution in [2.24, 2.45) is 5.73 Å². The summed E-state index contributed by atoms with van der Waals surface area (Å²) in [5.74, 6) is -1.04. The van der Waals surface area contributed by atoms with E-state index in [1.807, 2.05) is 24.3 Å². The zero-order valence-electron chi connectivity index (χ0n) is 10.0. The van der Waals surface area contributed by atoms with E-state index in [2.05, 4.69) is 26.2 Å². The molecule has 1 aromatic carbocycles. The summed E-state index contributed by atoms with van der Waals surface area (Å²) in [6.45, 7) is 0.566. The van der Waals surface area contributed by atoms with E-state index in [1.54, 1.807) is 10.9 Å². The third kappa shape index (κ3) is 3.62. The van der Waals surface area contributed by atoms with Crippen LogP contribution in [0.5, 0.6) is 0 Å². The fourth-order valence-electron chi connectivity index (χ4n) is 1.62. The normalized spacial score (nSPS) is 12.3. The first-order valence-electron chi connectivity index (χ1n) is 5.67. The number of carboxylic acid groups (broad SMARTS) is 1. The van der Waals surface area contributed by atoms with Crippen molar-refractivity contribution in [3.63, 3.8) is 0 Å². The van der Waals surface area contributed by atoms with Crippen LogP contribution in [-0.4, -0.2) is 32.1 Å². The Morgan fingerprint density at radius 1 is 1.47 bits per heavy atom. The van der Waals surface area contributed by atoms with Crippen LogP contribution < -0.4 is 5.73 Å². The zero-order chi connectivity index (χ0) is 13.8. The van der Waals surface area contributed by atoms with Crippen molar-refractivity contribution in [1.29, 1.82) is 0 Å². The first-order valence-corrected chi connectivity index (χ1v) is 6.46. The second-order valence-corrected chi connectivity index (χ2v) is 5.00. The predicted octanol–water partition coefficient (Wildman–Crippen LogP) is 1.04. The molecule has 0 bridgehead atoms. The monoisotopic (exact) mass is 324 g/mol. The molecule has 3 N–H and O–H groups in total. The molecule has 0 fully saturated rings. The molecule has 19 heavy (non-hydrogen) atoms. The van der Waals surface area contributed by atoms with Crippen LogP contribution in [0.3, 0.4) is 0 Å². The molecule has 0 aliphatic heterocycles. The fourth-order valence-corrected chi connectivity index (χ4v) is 2.03. The lowest BCUT2D eigenvalue weighted by Gasteiger charge is -2.03. The number of carbonyl (C=O) groups is 1. The number of carboxylic acids is 1. The van der Waals surface area contributed by atoms with Gasteiger partial charge >= 0.3 is 5.97 Å². The molecule has 2 rings (SSSR count). The summed E-state index contributed by atoms with van der Waals surface area (Å²) in [4.78, 5) is 10.7. The average molecular weight is 325 g/mol. The van der Waals surface area contributed by atoms with E-state index in [0.29, 0.717) is 12.2 Å². The van der Waals surface area contributed by atoms with Crippen LogP contribution in [0.25, 0.3) is 0 Å². The van der Waals surface area contributed by atoms with Gasteiger partial charge in [-0.15, -0.1) is 5.10 Å². The Hall–Kier alpha value is -1.73. The molecule has 2 aromatic rings. The van der Waals surface area contributed by atoms with Crippen LogP contribution in [-0.2, 0) is 17.8 Å². The Bertz CT molecular complexity index is 585. The van der Waals surface area contributed by atoms with E-state index in [9.17, 15) is 4.79 Å². The number of hydrogen-bond donors (Lipinski definition) is 2. The van der Waals surface area contributed by atoms with Crippen molar-refractivity contribution >= 4 is 21.9 Å². The Morgan fingerprint density at radius 3 is 2.89 bits per heavy atom. The predicted molar refractivity (Wildman–Crippen MR) is 72.6 cm³/mol. The lowest BCUT2D eigenvalue weighted by Crippen LogP contribution is -2.32. The summed E-state index contributed by atoms with van der Waals surface area (Å²) in [5.41, 5.74) is 7.09. The standard InChI is InChI=1S/C12H13BrN4O2/c13-10-4-2-1-3-8(10)6-17-7-9(15-16-17)5-11(14)12(18)19/h1-4,7,11H,5-6,14H2,(H,18,19). The van der Waals surface area contributed by atoms with Crippen molar-refractivity contribution in [2.45, 2.75) is 19.0 Å². The lowest BCUT2D eigenvalue weighted by molar-refractivity contribution is -0.138. The summed E-state index contributed by atoms with van der Waals surface area (Å²) in [6, 6.07) is 6.86. The lowest BCUT2D eigenvalue weighted by atomic mass is 10.2. The van der Waals surface area contributed by atoms with Gasteiger partial charge in [0.1, 0.15) is 6.04 Å². The van der Waals surface area contributed by atoms with Crippen LogP contribution in [0, 0.1) is 0 Å². The molecule has 7 heteroatoms. The molecular weight excluding hydrogens is 312 g/mol. The third-order valence-corrected chi connectivity index (χ3v) is 3.40. The SMILES string of the molecule is NC(Cc1cn(Cc2ccccc2Br)nn1)C(=O)O. The van der Waals surface area contributed by atoms with E-state index in [1.165, 1.54) is 0 Å². The van der Waals surface area contributed by atoms with Crippen LogP contribution in [0.1, 0.15) is 11.3 Å². The van der Waals surface area contributed by atoms with Crippen LogP contribution in [0.4, 0.5) is 0 Å². The minimum Gasteiger partial charge on any atom is -0.480 e. The van der Waals surface area contributed by atoms with Gasteiger partial charge in [0.25, 0.3) is 0 Å². The average Bonchev–Trinajstić information content (AvgIpc) is 2.79. The molecule has 0 aliphatic carbocycles. The minimum atomic E-state index is -1.04. The molecule has 0 amide bonds. The molecule has 0 saturated heterocycles. The van der Waals surface area contributed by atoms with Gasteiger partial charge in [-0.05, 0) is 11.6 Å². The highest BCUT2D eigenvalue weighted by Gasteiger charge is 2.14. The number of nitrogens with two attached hydrogens (primary N) is 1. The second-order valence-electron chi connectivity index (χ2n) is 4.15. The summed E-state index contributed by atoms with van der Waals surface area (Å²) in [6.07, 6.45) is 1.88. The quantitative estimate of drug-likeness (QED) is 0.857. The fraction of sp³-hybridized carbons (Fsp3) is 0.250. The van der Waals surface area contributed by atoms with Crippen LogP contribution in [0.15, 0.2) is 34.9 Å². The summed E-state index contributed by atoms with van der Waals surface area (Å²) < 4.78 is 2.65. The highest BCUT2D eigenvalue weighted by Crippen LogP contribution is 2.16. The molecule has 0 saturated carbocycles. The van der Waals surface area contributed by atoms with Gasteiger partial charge in [0.2, 0.25) is 0 Å². The topological polar surface area (TPSA) is 94.0 Å². The molecule has 1 atom stereocenters. The van der Waals surface area contributed by atoms with Gasteiger partial charge in [-0.3, -0.25) is 4.79 Å². The second kappa shape index (κ2) is 5.94. The Morgan fingerprint density at radius 2 is 2.21 bits per heavy atom. The summed E-state index contributed by atoms with van der Waals surface area (Å²) in [5, 5.41) is 16.6. The largest absolute Gasteiger partial charge is 0.480 e. The summed E-state index contributed by atoms with van der Waals surface area (Å²) in [7, 11) is 0. The van der Waals surface area contributed by atoms with Crippen molar-refractivity contribution in [2.75, 3.05) is 0 Å². The third-order valence-electron chi connectivity index (χ3n) is 2.62. The van der Waals surface area contributed by atoms with Gasteiger partial charge in [0.05, 0.1) is 12.2 Å². The molecule has 0 spiro atoms. The number of halogens is 1. The Balaban J connectivity index is 2.06.